The number of guanidine groups is 1. The molecule has 0 radical (unpaired) electrons. The molecule has 150 valence electrons. The van der Waals surface area contributed by atoms with Gasteiger partial charge in [0.05, 0.1) is 25.5 Å². The zero-order valence-corrected chi connectivity index (χ0v) is 16.8. The first-order valence-corrected chi connectivity index (χ1v) is 10.8. The average molecular weight is 403 g/mol. The molecule has 1 heterocycles. The number of rotatable bonds is 6. The molecule has 0 bridgehead atoms. The van der Waals surface area contributed by atoms with Gasteiger partial charge in [0, 0.05) is 18.8 Å². The molecule has 1 fully saturated rings. The van der Waals surface area contributed by atoms with Crippen LogP contribution in [-0.2, 0) is 27.1 Å². The maximum Gasteiger partial charge on any atom is 0.218 e. The smallest absolute Gasteiger partial charge is 0.218 e. The lowest BCUT2D eigenvalue weighted by Gasteiger charge is -2.26. The number of hydrogen-bond donors (Lipinski definition) is 2. The van der Waals surface area contributed by atoms with Crippen LogP contribution in [0.15, 0.2) is 53.5 Å². The van der Waals surface area contributed by atoms with E-state index >= 15 is 0 Å². The van der Waals surface area contributed by atoms with E-state index in [-0.39, 0.29) is 11.7 Å². The Hall–Kier alpha value is -2.42. The number of nitrogens with zero attached hydrogens (tertiary/aromatic N) is 2. The summed E-state index contributed by atoms with van der Waals surface area (Å²) in [5.41, 5.74) is 9.58. The maximum atomic E-state index is 12.7. The van der Waals surface area contributed by atoms with Crippen molar-refractivity contribution in [3.63, 3.8) is 0 Å². The van der Waals surface area contributed by atoms with Gasteiger partial charge in [-0.05, 0) is 30.2 Å². The minimum atomic E-state index is -3.39. The molecule has 7 nitrogen and oxygen atoms in total. The molecule has 3 N–H and O–H groups in total. The Morgan fingerprint density at radius 1 is 1.11 bits per heavy atom. The molecule has 0 unspecified atom stereocenters. The molecule has 2 aromatic carbocycles. The minimum Gasteiger partial charge on any atom is -0.379 e. The number of anilines is 1. The summed E-state index contributed by atoms with van der Waals surface area (Å²) < 4.78 is 32.2. The van der Waals surface area contributed by atoms with Crippen molar-refractivity contribution in [3.05, 3.63) is 65.2 Å². The summed E-state index contributed by atoms with van der Waals surface area (Å²) in [5, 5.41) is 3.05. The number of nitrogens with one attached hydrogen (secondary N) is 1. The molecular formula is C20H26N4O3S. The van der Waals surface area contributed by atoms with Gasteiger partial charge in [-0.2, -0.15) is 4.31 Å². The van der Waals surface area contributed by atoms with Gasteiger partial charge in [0.2, 0.25) is 10.0 Å². The molecule has 0 aromatic heterocycles. The Morgan fingerprint density at radius 3 is 2.43 bits per heavy atom. The highest BCUT2D eigenvalue weighted by molar-refractivity contribution is 7.88. The quantitative estimate of drug-likeness (QED) is 0.570. The van der Waals surface area contributed by atoms with E-state index in [0.717, 1.165) is 22.4 Å². The van der Waals surface area contributed by atoms with E-state index in [1.165, 1.54) is 4.31 Å². The lowest BCUT2D eigenvalue weighted by molar-refractivity contribution is 0.0729. The van der Waals surface area contributed by atoms with Gasteiger partial charge in [0.25, 0.3) is 0 Å². The highest BCUT2D eigenvalue weighted by Gasteiger charge is 2.25. The van der Waals surface area contributed by atoms with Crippen LogP contribution in [0.25, 0.3) is 0 Å². The SMILES string of the molecule is Cc1ccc(NC(N)=NCc2ccccc2CS(=O)(=O)N2CCOCC2)cc1. The highest BCUT2D eigenvalue weighted by Crippen LogP contribution is 2.17. The first-order chi connectivity index (χ1) is 13.4. The molecule has 1 saturated heterocycles. The van der Waals surface area contributed by atoms with Crippen molar-refractivity contribution in [3.8, 4) is 0 Å². The van der Waals surface area contributed by atoms with E-state index in [0.29, 0.717) is 32.8 Å². The second-order valence-corrected chi connectivity index (χ2v) is 8.70. The molecule has 0 saturated carbocycles. The van der Waals surface area contributed by atoms with Crippen LogP contribution in [0, 0.1) is 6.92 Å². The van der Waals surface area contributed by atoms with Crippen molar-refractivity contribution in [2.24, 2.45) is 10.7 Å². The summed E-state index contributed by atoms with van der Waals surface area (Å²) in [6.07, 6.45) is 0. The van der Waals surface area contributed by atoms with E-state index in [4.69, 9.17) is 10.5 Å². The van der Waals surface area contributed by atoms with Crippen LogP contribution in [0.5, 0.6) is 0 Å². The molecule has 28 heavy (non-hydrogen) atoms. The normalized spacial score (nSPS) is 16.1. The van der Waals surface area contributed by atoms with E-state index in [1.807, 2.05) is 55.5 Å². The highest BCUT2D eigenvalue weighted by atomic mass is 32.2. The first kappa shape index (κ1) is 20.3. The van der Waals surface area contributed by atoms with Gasteiger partial charge >= 0.3 is 0 Å². The monoisotopic (exact) mass is 402 g/mol. The first-order valence-electron chi connectivity index (χ1n) is 9.20. The Balaban J connectivity index is 1.68. The number of ether oxygens (including phenoxy) is 1. The minimum absolute atomic E-state index is 0.0516. The molecule has 3 rings (SSSR count). The predicted molar refractivity (Wildman–Crippen MR) is 112 cm³/mol. The van der Waals surface area contributed by atoms with Crippen molar-refractivity contribution in [2.45, 2.75) is 19.2 Å². The zero-order valence-electron chi connectivity index (χ0n) is 16.0. The third-order valence-corrected chi connectivity index (χ3v) is 6.39. The summed E-state index contributed by atoms with van der Waals surface area (Å²) in [6.45, 7) is 3.99. The number of morpholine rings is 1. The standard InChI is InChI=1S/C20H26N4O3S/c1-16-6-8-19(9-7-16)23-20(21)22-14-17-4-2-3-5-18(17)15-28(25,26)24-10-12-27-13-11-24/h2-9H,10-15H2,1H3,(H3,21,22,23). The van der Waals surface area contributed by atoms with Crippen molar-refractivity contribution >= 4 is 21.7 Å². The van der Waals surface area contributed by atoms with Crippen molar-refractivity contribution in [1.82, 2.24) is 4.31 Å². The molecule has 8 heteroatoms. The number of aryl methyl sites for hydroxylation is 1. The lowest BCUT2D eigenvalue weighted by Crippen LogP contribution is -2.41. The summed E-state index contributed by atoms with van der Waals surface area (Å²) in [5.74, 6) is 0.235. The third-order valence-electron chi connectivity index (χ3n) is 4.56. The fourth-order valence-electron chi connectivity index (χ4n) is 2.96. The van der Waals surface area contributed by atoms with Crippen molar-refractivity contribution in [2.75, 3.05) is 31.6 Å². The van der Waals surface area contributed by atoms with E-state index in [9.17, 15) is 8.42 Å². The second kappa shape index (κ2) is 9.18. The van der Waals surface area contributed by atoms with Crippen LogP contribution in [0.1, 0.15) is 16.7 Å². The molecular weight excluding hydrogens is 376 g/mol. The predicted octanol–water partition coefficient (Wildman–Crippen LogP) is 2.08. The van der Waals surface area contributed by atoms with Gasteiger partial charge in [-0.3, -0.25) is 0 Å². The topological polar surface area (TPSA) is 97.0 Å². The molecule has 2 aromatic rings. The Kier molecular flexibility index (Phi) is 6.66. The van der Waals surface area contributed by atoms with Crippen LogP contribution < -0.4 is 11.1 Å². The molecule has 0 spiro atoms. The Labute approximate surface area is 166 Å². The van der Waals surface area contributed by atoms with Gasteiger partial charge in [-0.1, -0.05) is 42.0 Å². The molecule has 0 atom stereocenters. The fraction of sp³-hybridized carbons (Fsp3) is 0.350. The van der Waals surface area contributed by atoms with Crippen LogP contribution in [-0.4, -0.2) is 45.0 Å². The van der Waals surface area contributed by atoms with E-state index < -0.39 is 10.0 Å². The van der Waals surface area contributed by atoms with Crippen molar-refractivity contribution < 1.29 is 13.2 Å². The Bertz CT molecular complexity index is 921. The number of nitrogens with two attached hydrogens (primary N) is 1. The maximum absolute atomic E-state index is 12.7. The van der Waals surface area contributed by atoms with Gasteiger partial charge in [0.1, 0.15) is 0 Å². The van der Waals surface area contributed by atoms with Crippen LogP contribution >= 0.6 is 0 Å². The zero-order chi connectivity index (χ0) is 20.0. The van der Waals surface area contributed by atoms with Crippen molar-refractivity contribution in [1.29, 1.82) is 0 Å². The number of aliphatic imine (C=N–C) groups is 1. The van der Waals surface area contributed by atoms with Crippen LogP contribution in [0.3, 0.4) is 0 Å². The Morgan fingerprint density at radius 2 is 1.75 bits per heavy atom. The fourth-order valence-corrected chi connectivity index (χ4v) is 4.52. The summed E-state index contributed by atoms with van der Waals surface area (Å²) in [6, 6.07) is 15.3. The molecule has 1 aliphatic heterocycles. The molecule has 0 aliphatic carbocycles. The number of benzene rings is 2. The number of sulfonamides is 1. The lowest BCUT2D eigenvalue weighted by atomic mass is 10.1. The van der Waals surface area contributed by atoms with Crippen LogP contribution in [0.4, 0.5) is 5.69 Å². The summed E-state index contributed by atoms with van der Waals surface area (Å²) in [4.78, 5) is 4.37. The van der Waals surface area contributed by atoms with E-state index in [1.54, 1.807) is 0 Å². The van der Waals surface area contributed by atoms with Gasteiger partial charge in [0.15, 0.2) is 5.96 Å². The molecule has 0 amide bonds. The summed E-state index contributed by atoms with van der Waals surface area (Å²) >= 11 is 0. The van der Waals surface area contributed by atoms with Gasteiger partial charge < -0.3 is 15.8 Å². The third kappa shape index (κ3) is 5.54. The second-order valence-electron chi connectivity index (χ2n) is 6.73. The van der Waals surface area contributed by atoms with E-state index in [2.05, 4.69) is 10.3 Å². The average Bonchev–Trinajstić information content (AvgIpc) is 2.69. The summed E-state index contributed by atoms with van der Waals surface area (Å²) in [7, 11) is -3.39. The van der Waals surface area contributed by atoms with Gasteiger partial charge in [-0.25, -0.2) is 13.4 Å². The van der Waals surface area contributed by atoms with Crippen LogP contribution in [0.2, 0.25) is 0 Å². The van der Waals surface area contributed by atoms with Gasteiger partial charge in [-0.15, -0.1) is 0 Å². The largest absolute Gasteiger partial charge is 0.379 e. The molecule has 1 aliphatic rings. The number of hydrogen-bond acceptors (Lipinski definition) is 4.